The number of nitrogens with zero attached hydrogens (tertiary/aromatic N) is 1. The first-order chi connectivity index (χ1) is 7.83. The Kier molecular flexibility index (Phi) is 1.64. The SMILES string of the molecule is O=c1[nH]c(C2CC2)nc2scc(C3CC3)c12. The van der Waals surface area contributed by atoms with Crippen molar-refractivity contribution in [2.45, 2.75) is 37.5 Å². The zero-order chi connectivity index (χ0) is 10.7. The molecule has 0 unspecified atom stereocenters. The summed E-state index contributed by atoms with van der Waals surface area (Å²) < 4.78 is 0. The van der Waals surface area contributed by atoms with Gasteiger partial charge in [-0.1, -0.05) is 0 Å². The largest absolute Gasteiger partial charge is 0.310 e. The van der Waals surface area contributed by atoms with Crippen LogP contribution in [-0.4, -0.2) is 9.97 Å². The molecular weight excluding hydrogens is 220 g/mol. The molecule has 2 aliphatic carbocycles. The molecule has 1 N–H and O–H groups in total. The Hall–Kier alpha value is -1.16. The van der Waals surface area contributed by atoms with E-state index in [0.717, 1.165) is 16.0 Å². The Morgan fingerprint density at radius 1 is 1.25 bits per heavy atom. The van der Waals surface area contributed by atoms with Crippen molar-refractivity contribution in [3.05, 3.63) is 27.1 Å². The second kappa shape index (κ2) is 2.94. The summed E-state index contributed by atoms with van der Waals surface area (Å²) in [7, 11) is 0. The Labute approximate surface area is 96.5 Å². The van der Waals surface area contributed by atoms with Crippen molar-refractivity contribution in [2.24, 2.45) is 0 Å². The average molecular weight is 232 g/mol. The van der Waals surface area contributed by atoms with Crippen molar-refractivity contribution in [1.82, 2.24) is 9.97 Å². The quantitative estimate of drug-likeness (QED) is 0.865. The molecule has 2 aromatic heterocycles. The molecule has 82 valence electrons. The van der Waals surface area contributed by atoms with Crippen molar-refractivity contribution < 1.29 is 0 Å². The van der Waals surface area contributed by atoms with Gasteiger partial charge in [-0.2, -0.15) is 0 Å². The van der Waals surface area contributed by atoms with Crippen molar-refractivity contribution in [3.63, 3.8) is 0 Å². The maximum atomic E-state index is 12.1. The van der Waals surface area contributed by atoms with Crippen molar-refractivity contribution in [1.29, 1.82) is 0 Å². The predicted molar refractivity (Wildman–Crippen MR) is 64.2 cm³/mol. The Morgan fingerprint density at radius 2 is 2.00 bits per heavy atom. The monoisotopic (exact) mass is 232 g/mol. The van der Waals surface area contributed by atoms with E-state index >= 15 is 0 Å². The lowest BCUT2D eigenvalue weighted by atomic mass is 10.1. The fourth-order valence-corrected chi connectivity index (χ4v) is 3.26. The number of aromatic nitrogens is 2. The summed E-state index contributed by atoms with van der Waals surface area (Å²) in [6.07, 6.45) is 4.82. The highest BCUT2D eigenvalue weighted by molar-refractivity contribution is 7.16. The van der Waals surface area contributed by atoms with Gasteiger partial charge in [0.1, 0.15) is 10.7 Å². The zero-order valence-corrected chi connectivity index (χ0v) is 9.64. The van der Waals surface area contributed by atoms with E-state index in [1.165, 1.54) is 31.2 Å². The van der Waals surface area contributed by atoms with Gasteiger partial charge >= 0.3 is 0 Å². The highest BCUT2D eigenvalue weighted by Crippen LogP contribution is 2.44. The molecule has 0 saturated heterocycles. The predicted octanol–water partition coefficient (Wildman–Crippen LogP) is 2.74. The summed E-state index contributed by atoms with van der Waals surface area (Å²) in [6.45, 7) is 0. The summed E-state index contributed by atoms with van der Waals surface area (Å²) in [5, 5.41) is 2.98. The maximum Gasteiger partial charge on any atom is 0.259 e. The first kappa shape index (κ1) is 8.93. The number of hydrogen-bond acceptors (Lipinski definition) is 3. The second-order valence-corrected chi connectivity index (χ2v) is 5.73. The van der Waals surface area contributed by atoms with E-state index in [1.807, 2.05) is 0 Å². The summed E-state index contributed by atoms with van der Waals surface area (Å²) in [4.78, 5) is 20.5. The van der Waals surface area contributed by atoms with Crippen LogP contribution in [0, 0.1) is 0 Å². The number of fused-ring (bicyclic) bond motifs is 1. The van der Waals surface area contributed by atoms with Crippen LogP contribution in [0.2, 0.25) is 0 Å². The fraction of sp³-hybridized carbons (Fsp3) is 0.500. The van der Waals surface area contributed by atoms with Gasteiger partial charge in [0.25, 0.3) is 5.56 Å². The highest BCUT2D eigenvalue weighted by atomic mass is 32.1. The molecule has 2 fully saturated rings. The Bertz CT molecular complexity index is 619. The Balaban J connectivity index is 1.98. The average Bonchev–Trinajstić information content (AvgIpc) is 3.15. The minimum atomic E-state index is 0.0787. The fourth-order valence-electron chi connectivity index (χ4n) is 2.23. The van der Waals surface area contributed by atoms with Crippen LogP contribution in [0.25, 0.3) is 10.2 Å². The molecule has 0 spiro atoms. The van der Waals surface area contributed by atoms with E-state index in [9.17, 15) is 4.79 Å². The lowest BCUT2D eigenvalue weighted by Gasteiger charge is -1.98. The van der Waals surface area contributed by atoms with E-state index in [0.29, 0.717) is 11.8 Å². The van der Waals surface area contributed by atoms with Crippen LogP contribution < -0.4 is 5.56 Å². The topological polar surface area (TPSA) is 45.8 Å². The Morgan fingerprint density at radius 3 is 2.69 bits per heavy atom. The van der Waals surface area contributed by atoms with Crippen LogP contribution in [-0.2, 0) is 0 Å². The molecule has 4 rings (SSSR count). The van der Waals surface area contributed by atoms with Gasteiger partial charge in [0, 0.05) is 5.92 Å². The van der Waals surface area contributed by atoms with Gasteiger partial charge in [0.05, 0.1) is 5.39 Å². The third-order valence-corrected chi connectivity index (χ3v) is 4.36. The van der Waals surface area contributed by atoms with Gasteiger partial charge in [-0.3, -0.25) is 4.79 Å². The summed E-state index contributed by atoms with van der Waals surface area (Å²) in [5.41, 5.74) is 1.31. The molecule has 2 aromatic rings. The van der Waals surface area contributed by atoms with Gasteiger partial charge in [-0.05, 0) is 42.5 Å². The standard InChI is InChI=1S/C12H12N2OS/c15-11-9-8(6-1-2-6)5-16-12(9)14-10(13-11)7-3-4-7/h5-7H,1-4H2,(H,13,14,15). The molecule has 0 amide bonds. The van der Waals surface area contributed by atoms with E-state index in [-0.39, 0.29) is 5.56 Å². The molecule has 0 atom stereocenters. The molecule has 2 saturated carbocycles. The minimum absolute atomic E-state index is 0.0787. The van der Waals surface area contributed by atoms with E-state index in [1.54, 1.807) is 11.3 Å². The molecule has 2 heterocycles. The van der Waals surface area contributed by atoms with Crippen molar-refractivity contribution in [2.75, 3.05) is 0 Å². The number of thiophene rings is 1. The highest BCUT2D eigenvalue weighted by Gasteiger charge is 2.30. The first-order valence-corrected chi connectivity index (χ1v) is 6.72. The summed E-state index contributed by atoms with van der Waals surface area (Å²) in [6, 6.07) is 0. The van der Waals surface area contributed by atoms with E-state index in [4.69, 9.17) is 0 Å². The smallest absolute Gasteiger partial charge is 0.259 e. The van der Waals surface area contributed by atoms with Crippen LogP contribution >= 0.6 is 11.3 Å². The normalized spacial score (nSPS) is 20.5. The molecule has 0 radical (unpaired) electrons. The van der Waals surface area contributed by atoms with Crippen LogP contribution in [0.1, 0.15) is 48.9 Å². The molecule has 2 aliphatic rings. The van der Waals surface area contributed by atoms with Crippen molar-refractivity contribution >= 4 is 21.6 Å². The van der Waals surface area contributed by atoms with Crippen LogP contribution in [0.4, 0.5) is 0 Å². The number of rotatable bonds is 2. The number of H-pyrrole nitrogens is 1. The van der Waals surface area contributed by atoms with Gasteiger partial charge < -0.3 is 4.98 Å². The zero-order valence-electron chi connectivity index (χ0n) is 8.82. The number of aromatic amines is 1. The van der Waals surface area contributed by atoms with Crippen molar-refractivity contribution in [3.8, 4) is 0 Å². The van der Waals surface area contributed by atoms with Gasteiger partial charge in [0.15, 0.2) is 0 Å². The van der Waals surface area contributed by atoms with Gasteiger partial charge in [-0.25, -0.2) is 4.98 Å². The maximum absolute atomic E-state index is 12.1. The molecule has 16 heavy (non-hydrogen) atoms. The first-order valence-electron chi connectivity index (χ1n) is 5.84. The minimum Gasteiger partial charge on any atom is -0.310 e. The molecule has 0 aliphatic heterocycles. The molecule has 0 aromatic carbocycles. The summed E-state index contributed by atoms with van der Waals surface area (Å²) in [5.74, 6) is 2.05. The molecule has 0 bridgehead atoms. The van der Waals surface area contributed by atoms with Gasteiger partial charge in [-0.15, -0.1) is 11.3 Å². The van der Waals surface area contributed by atoms with E-state index < -0.39 is 0 Å². The van der Waals surface area contributed by atoms with Crippen LogP contribution in [0.3, 0.4) is 0 Å². The summed E-state index contributed by atoms with van der Waals surface area (Å²) >= 11 is 1.62. The lowest BCUT2D eigenvalue weighted by molar-refractivity contribution is 0.933. The third-order valence-electron chi connectivity index (χ3n) is 3.47. The van der Waals surface area contributed by atoms with E-state index in [2.05, 4.69) is 15.3 Å². The molecule has 3 nitrogen and oxygen atoms in total. The molecular formula is C12H12N2OS. The third kappa shape index (κ3) is 1.26. The van der Waals surface area contributed by atoms with Crippen LogP contribution in [0.15, 0.2) is 10.2 Å². The van der Waals surface area contributed by atoms with Gasteiger partial charge in [0.2, 0.25) is 0 Å². The lowest BCUT2D eigenvalue weighted by Crippen LogP contribution is -2.11. The second-order valence-electron chi connectivity index (χ2n) is 4.87. The number of hydrogen-bond donors (Lipinski definition) is 1. The molecule has 4 heteroatoms. The van der Waals surface area contributed by atoms with Crippen LogP contribution in [0.5, 0.6) is 0 Å². The number of nitrogens with one attached hydrogen (secondary N) is 1.